The van der Waals surface area contributed by atoms with Crippen molar-refractivity contribution in [2.45, 2.75) is 66.9 Å². The van der Waals surface area contributed by atoms with E-state index in [9.17, 15) is 19.2 Å². The van der Waals surface area contributed by atoms with Gasteiger partial charge in [0.1, 0.15) is 17.1 Å². The highest BCUT2D eigenvalue weighted by Gasteiger charge is 2.56. The van der Waals surface area contributed by atoms with E-state index in [0.29, 0.717) is 22.3 Å². The Morgan fingerprint density at radius 2 is 1.35 bits per heavy atom. The molecule has 3 aromatic carbocycles. The molecule has 5 rings (SSSR count). The Labute approximate surface area is 286 Å². The fraction of sp³-hybridized carbons (Fsp3) is 0.353. The summed E-state index contributed by atoms with van der Waals surface area (Å²) < 4.78 is 24.3. The highest BCUT2D eigenvalue weighted by molar-refractivity contribution is 6.42. The lowest BCUT2D eigenvalue weighted by atomic mass is 9.76. The molecule has 12 heteroatoms. The summed E-state index contributed by atoms with van der Waals surface area (Å²) in [5, 5.41) is 0.227. The van der Waals surface area contributed by atoms with Gasteiger partial charge < -0.3 is 23.7 Å². The normalized spacial score (nSPS) is 16.6. The second-order valence-corrected chi connectivity index (χ2v) is 14.8. The van der Waals surface area contributed by atoms with E-state index in [0.717, 1.165) is 6.29 Å². The maximum atomic E-state index is 13.6. The fourth-order valence-electron chi connectivity index (χ4n) is 5.19. The molecule has 0 amide bonds. The molecular formula is C34H30Cl4O8. The van der Waals surface area contributed by atoms with Gasteiger partial charge in [-0.15, -0.1) is 0 Å². The van der Waals surface area contributed by atoms with Crippen molar-refractivity contribution in [2.24, 2.45) is 10.8 Å². The number of hydrogen-bond donors (Lipinski definition) is 0. The van der Waals surface area contributed by atoms with Crippen LogP contribution in [-0.4, -0.2) is 24.2 Å². The summed E-state index contributed by atoms with van der Waals surface area (Å²) in [6.45, 7) is 11.8. The number of esters is 3. The lowest BCUT2D eigenvalue weighted by Gasteiger charge is -2.38. The van der Waals surface area contributed by atoms with E-state index < -0.39 is 34.3 Å². The van der Waals surface area contributed by atoms with E-state index in [1.807, 2.05) is 0 Å². The third-order valence-corrected chi connectivity index (χ3v) is 9.03. The Morgan fingerprint density at radius 3 is 1.93 bits per heavy atom. The van der Waals surface area contributed by atoms with Crippen LogP contribution in [0.4, 0.5) is 0 Å². The molecule has 0 saturated heterocycles. The van der Waals surface area contributed by atoms with Gasteiger partial charge >= 0.3 is 17.9 Å². The molecule has 46 heavy (non-hydrogen) atoms. The first-order chi connectivity index (χ1) is 21.3. The van der Waals surface area contributed by atoms with Crippen molar-refractivity contribution in [3.63, 3.8) is 0 Å². The van der Waals surface area contributed by atoms with Gasteiger partial charge in [-0.25, -0.2) is 4.79 Å². The molecule has 0 fully saturated rings. The number of halogens is 4. The van der Waals surface area contributed by atoms with Crippen LogP contribution in [0, 0.1) is 17.8 Å². The average molecular weight is 708 g/mol. The molecule has 1 spiro atoms. The minimum Gasteiger partial charge on any atom is -0.454 e. The number of aryl methyl sites for hydroxylation is 1. The van der Waals surface area contributed by atoms with Gasteiger partial charge in [0.05, 0.1) is 31.5 Å². The number of fused-ring (bicyclic) bond motifs is 6. The van der Waals surface area contributed by atoms with E-state index in [1.54, 1.807) is 54.5 Å². The van der Waals surface area contributed by atoms with Crippen LogP contribution in [0.5, 0.6) is 23.0 Å². The smallest absolute Gasteiger partial charge is 0.340 e. The number of hydrogen-bond acceptors (Lipinski definition) is 8. The van der Waals surface area contributed by atoms with Crippen LogP contribution >= 0.6 is 46.4 Å². The number of rotatable bonds is 5. The molecule has 2 aliphatic heterocycles. The predicted octanol–water partition coefficient (Wildman–Crippen LogP) is 9.21. The second-order valence-electron chi connectivity index (χ2n) is 13.2. The van der Waals surface area contributed by atoms with Gasteiger partial charge in [0.2, 0.25) is 0 Å². The number of carbonyl (C=O) groups is 4. The van der Waals surface area contributed by atoms with Crippen molar-refractivity contribution in [3.8, 4) is 23.0 Å². The Bertz CT molecular complexity index is 1850. The van der Waals surface area contributed by atoms with Gasteiger partial charge in [0, 0.05) is 28.7 Å². The first-order valence-corrected chi connectivity index (χ1v) is 15.8. The minimum atomic E-state index is -1.74. The van der Waals surface area contributed by atoms with Crippen molar-refractivity contribution in [1.82, 2.24) is 0 Å². The summed E-state index contributed by atoms with van der Waals surface area (Å²) in [4.78, 5) is 51.0. The third-order valence-electron chi connectivity index (χ3n) is 7.68. The average Bonchev–Trinajstić information content (AvgIpc) is 3.23. The lowest BCUT2D eigenvalue weighted by Crippen LogP contribution is -2.34. The molecule has 0 bridgehead atoms. The van der Waals surface area contributed by atoms with E-state index in [1.165, 1.54) is 18.2 Å². The maximum Gasteiger partial charge on any atom is 0.340 e. The summed E-state index contributed by atoms with van der Waals surface area (Å²) in [7, 11) is 0. The second kappa shape index (κ2) is 11.7. The molecule has 0 aliphatic carbocycles. The Balaban J connectivity index is 1.88. The SMILES string of the molecule is Cc1c(OC(=O)C(C)(C)C)c(Cl)cc2c1Oc1c(cc(CCC=O)c(OC(=O)C(C)(C)C)c1Cl)C21OC(=O)c2cc(Cl)c(Cl)cc21. The van der Waals surface area contributed by atoms with Gasteiger partial charge in [-0.2, -0.15) is 0 Å². The molecule has 2 heterocycles. The van der Waals surface area contributed by atoms with Crippen LogP contribution in [0.1, 0.15) is 86.1 Å². The summed E-state index contributed by atoms with van der Waals surface area (Å²) in [6.07, 6.45) is 0.932. The fourth-order valence-corrected chi connectivity index (χ4v) is 6.11. The van der Waals surface area contributed by atoms with Crippen LogP contribution in [0.15, 0.2) is 24.3 Å². The van der Waals surface area contributed by atoms with E-state index in [-0.39, 0.29) is 67.1 Å². The van der Waals surface area contributed by atoms with Crippen molar-refractivity contribution >= 4 is 70.6 Å². The summed E-state index contributed by atoms with van der Waals surface area (Å²) >= 11 is 26.6. The maximum absolute atomic E-state index is 13.6. The standard InChI is InChI=1S/C34H30Cl4O8/c1-15-25-20(14-23(37)26(15)44-30(41)32(2,3)4)34(18-13-22(36)21(35)12-17(18)29(40)46-34)19-11-16(9-8-10-39)27(24(38)28(19)43-25)45-31(42)33(5,6)7/h10-14H,8-9H2,1-7H3. The van der Waals surface area contributed by atoms with Gasteiger partial charge in [-0.05, 0) is 84.7 Å². The molecule has 1 atom stereocenters. The first kappa shape index (κ1) is 34.0. The number of benzene rings is 3. The van der Waals surface area contributed by atoms with Gasteiger partial charge in [0.25, 0.3) is 0 Å². The van der Waals surface area contributed by atoms with Crippen molar-refractivity contribution in [3.05, 3.63) is 77.7 Å². The zero-order valence-electron chi connectivity index (χ0n) is 26.1. The molecule has 0 N–H and O–H groups in total. The number of carbonyl (C=O) groups excluding carboxylic acids is 4. The Hall–Kier alpha value is -3.30. The highest BCUT2D eigenvalue weighted by atomic mass is 35.5. The molecule has 3 aromatic rings. The van der Waals surface area contributed by atoms with Crippen LogP contribution < -0.4 is 14.2 Å². The molecule has 0 radical (unpaired) electrons. The van der Waals surface area contributed by atoms with Crippen LogP contribution in [0.25, 0.3) is 0 Å². The van der Waals surface area contributed by atoms with Crippen molar-refractivity contribution in [1.29, 1.82) is 0 Å². The molecule has 8 nitrogen and oxygen atoms in total. The van der Waals surface area contributed by atoms with E-state index in [4.69, 9.17) is 65.4 Å². The lowest BCUT2D eigenvalue weighted by molar-refractivity contribution is -0.143. The molecule has 2 aliphatic rings. The molecular weight excluding hydrogens is 678 g/mol. The molecule has 0 saturated carbocycles. The Kier molecular flexibility index (Phi) is 8.69. The van der Waals surface area contributed by atoms with Crippen LogP contribution in [-0.2, 0) is 31.1 Å². The molecule has 0 aromatic heterocycles. The topological polar surface area (TPSA) is 105 Å². The third kappa shape index (κ3) is 5.53. The molecule has 242 valence electrons. The quantitative estimate of drug-likeness (QED) is 0.147. The number of ether oxygens (including phenoxy) is 4. The Morgan fingerprint density at radius 1 is 0.804 bits per heavy atom. The van der Waals surface area contributed by atoms with Gasteiger partial charge in [-0.1, -0.05) is 46.4 Å². The summed E-state index contributed by atoms with van der Waals surface area (Å²) in [6, 6.07) is 6.05. The summed E-state index contributed by atoms with van der Waals surface area (Å²) in [5.74, 6) is -1.66. The highest BCUT2D eigenvalue weighted by Crippen LogP contribution is 2.62. The zero-order chi connectivity index (χ0) is 34.1. The van der Waals surface area contributed by atoms with Crippen molar-refractivity contribution in [2.75, 3.05) is 0 Å². The van der Waals surface area contributed by atoms with Crippen LogP contribution in [0.3, 0.4) is 0 Å². The van der Waals surface area contributed by atoms with E-state index >= 15 is 0 Å². The van der Waals surface area contributed by atoms with E-state index in [2.05, 4.69) is 0 Å². The van der Waals surface area contributed by atoms with Crippen molar-refractivity contribution < 1.29 is 38.1 Å². The molecule has 1 unspecified atom stereocenters. The largest absolute Gasteiger partial charge is 0.454 e. The number of aldehydes is 1. The first-order valence-electron chi connectivity index (χ1n) is 14.3. The van der Waals surface area contributed by atoms with Gasteiger partial charge in [0.15, 0.2) is 22.8 Å². The summed E-state index contributed by atoms with van der Waals surface area (Å²) in [5.41, 5.74) is -1.77. The van der Waals surface area contributed by atoms with Gasteiger partial charge in [-0.3, -0.25) is 9.59 Å². The van der Waals surface area contributed by atoms with Crippen LogP contribution in [0.2, 0.25) is 20.1 Å². The zero-order valence-corrected chi connectivity index (χ0v) is 29.1. The predicted molar refractivity (Wildman–Crippen MR) is 174 cm³/mol. The minimum absolute atomic E-state index is 0.00553. The monoisotopic (exact) mass is 706 g/mol.